The lowest BCUT2D eigenvalue weighted by Crippen LogP contribution is -2.48. The van der Waals surface area contributed by atoms with Gasteiger partial charge in [-0.1, -0.05) is 0 Å². The van der Waals surface area contributed by atoms with Gasteiger partial charge in [-0.25, -0.2) is 4.98 Å². The summed E-state index contributed by atoms with van der Waals surface area (Å²) in [5.74, 6) is 0. The Morgan fingerprint density at radius 3 is 2.63 bits per heavy atom. The monoisotopic (exact) mass is 264 g/mol. The Morgan fingerprint density at radius 2 is 2.05 bits per heavy atom. The van der Waals surface area contributed by atoms with Crippen molar-refractivity contribution < 1.29 is 4.74 Å². The lowest BCUT2D eigenvalue weighted by atomic mass is 10.1. The number of hydrogen-bond acceptors (Lipinski definition) is 4. The van der Waals surface area contributed by atoms with E-state index in [9.17, 15) is 0 Å². The molecule has 5 nitrogen and oxygen atoms in total. The predicted octanol–water partition coefficient (Wildman–Crippen LogP) is 1.33. The lowest BCUT2D eigenvalue weighted by molar-refractivity contribution is -0.0806. The minimum atomic E-state index is 0.261. The summed E-state index contributed by atoms with van der Waals surface area (Å²) in [6.45, 7) is 6.80. The van der Waals surface area contributed by atoms with Gasteiger partial charge >= 0.3 is 0 Å². The fourth-order valence-electron chi connectivity index (χ4n) is 3.16. The number of ether oxygens (including phenoxy) is 1. The summed E-state index contributed by atoms with van der Waals surface area (Å²) in [6, 6.07) is 0.916. The molecule has 0 radical (unpaired) electrons. The highest BCUT2D eigenvalue weighted by atomic mass is 16.5. The van der Waals surface area contributed by atoms with Crippen LogP contribution < -0.4 is 5.73 Å². The molecular formula is C14H24N4O. The van der Waals surface area contributed by atoms with Crippen molar-refractivity contribution in [1.29, 1.82) is 0 Å². The third-order valence-electron chi connectivity index (χ3n) is 4.09. The molecule has 0 aromatic carbocycles. The van der Waals surface area contributed by atoms with Crippen LogP contribution in [0.25, 0.3) is 0 Å². The van der Waals surface area contributed by atoms with Crippen LogP contribution in [0, 0.1) is 0 Å². The molecule has 3 rings (SSSR count). The summed E-state index contributed by atoms with van der Waals surface area (Å²) < 4.78 is 8.14. The molecule has 2 fully saturated rings. The van der Waals surface area contributed by atoms with E-state index in [1.165, 1.54) is 18.5 Å². The highest BCUT2D eigenvalue weighted by Gasteiger charge is 2.32. The minimum absolute atomic E-state index is 0.261. The predicted molar refractivity (Wildman–Crippen MR) is 73.9 cm³/mol. The van der Waals surface area contributed by atoms with Crippen LogP contribution in [0.15, 0.2) is 12.5 Å². The minimum Gasteiger partial charge on any atom is -0.373 e. The van der Waals surface area contributed by atoms with Crippen LogP contribution in [0.2, 0.25) is 0 Å². The molecule has 106 valence electrons. The number of nitrogens with two attached hydrogens (primary N) is 1. The maximum absolute atomic E-state index is 6.05. The van der Waals surface area contributed by atoms with Crippen LogP contribution in [0.1, 0.15) is 44.5 Å². The lowest BCUT2D eigenvalue weighted by Gasteiger charge is -2.40. The molecule has 1 aromatic heterocycles. The Labute approximate surface area is 114 Å². The van der Waals surface area contributed by atoms with Gasteiger partial charge < -0.3 is 15.0 Å². The first-order chi connectivity index (χ1) is 9.19. The van der Waals surface area contributed by atoms with Crippen LogP contribution in [0.5, 0.6) is 0 Å². The summed E-state index contributed by atoms with van der Waals surface area (Å²) in [4.78, 5) is 6.79. The fraction of sp³-hybridized carbons (Fsp3) is 0.786. The van der Waals surface area contributed by atoms with Crippen molar-refractivity contribution in [3.8, 4) is 0 Å². The fourth-order valence-corrected chi connectivity index (χ4v) is 3.16. The molecule has 2 N–H and O–H groups in total. The van der Waals surface area contributed by atoms with E-state index in [-0.39, 0.29) is 18.2 Å². The van der Waals surface area contributed by atoms with Crippen LogP contribution >= 0.6 is 0 Å². The first kappa shape index (κ1) is 13.1. The van der Waals surface area contributed by atoms with E-state index in [0.29, 0.717) is 12.6 Å². The average molecular weight is 264 g/mol. The van der Waals surface area contributed by atoms with Gasteiger partial charge in [0.05, 0.1) is 30.3 Å². The zero-order valence-electron chi connectivity index (χ0n) is 11.8. The number of rotatable bonds is 4. The summed E-state index contributed by atoms with van der Waals surface area (Å²) in [5.41, 5.74) is 7.32. The molecule has 1 aromatic rings. The second-order valence-electron chi connectivity index (χ2n) is 5.92. The molecule has 1 aliphatic carbocycles. The second kappa shape index (κ2) is 5.23. The number of nitrogens with zero attached hydrogens (tertiary/aromatic N) is 3. The number of aromatic nitrogens is 2. The van der Waals surface area contributed by atoms with Crippen molar-refractivity contribution in [2.24, 2.45) is 5.73 Å². The Balaban J connectivity index is 1.81. The molecule has 3 unspecified atom stereocenters. The van der Waals surface area contributed by atoms with Gasteiger partial charge in [-0.15, -0.1) is 0 Å². The molecule has 19 heavy (non-hydrogen) atoms. The largest absolute Gasteiger partial charge is 0.373 e. The van der Waals surface area contributed by atoms with E-state index in [0.717, 1.165) is 13.1 Å². The van der Waals surface area contributed by atoms with Gasteiger partial charge in [0.2, 0.25) is 0 Å². The van der Waals surface area contributed by atoms with Crippen molar-refractivity contribution in [2.75, 3.05) is 19.6 Å². The van der Waals surface area contributed by atoms with E-state index in [1.807, 2.05) is 12.5 Å². The quantitative estimate of drug-likeness (QED) is 0.891. The highest BCUT2D eigenvalue weighted by molar-refractivity contribution is 5.10. The number of morpholine rings is 1. The summed E-state index contributed by atoms with van der Waals surface area (Å²) in [5, 5.41) is 0. The van der Waals surface area contributed by atoms with Crippen LogP contribution in [-0.4, -0.2) is 46.3 Å². The van der Waals surface area contributed by atoms with Gasteiger partial charge in [0.25, 0.3) is 0 Å². The second-order valence-corrected chi connectivity index (χ2v) is 5.92. The van der Waals surface area contributed by atoms with Gasteiger partial charge in [-0.3, -0.25) is 4.90 Å². The molecule has 0 bridgehead atoms. The van der Waals surface area contributed by atoms with E-state index in [1.54, 1.807) is 0 Å². The Bertz CT molecular complexity index is 419. The highest BCUT2D eigenvalue weighted by Crippen LogP contribution is 2.38. The molecule has 0 spiro atoms. The zero-order valence-corrected chi connectivity index (χ0v) is 11.8. The van der Waals surface area contributed by atoms with Crippen molar-refractivity contribution >= 4 is 0 Å². The zero-order chi connectivity index (χ0) is 13.4. The molecule has 1 saturated heterocycles. The molecule has 3 atom stereocenters. The average Bonchev–Trinajstić information content (AvgIpc) is 3.09. The molecule has 5 heteroatoms. The van der Waals surface area contributed by atoms with Gasteiger partial charge in [0.15, 0.2) is 0 Å². The maximum atomic E-state index is 6.05. The van der Waals surface area contributed by atoms with Crippen molar-refractivity contribution in [2.45, 2.75) is 51.0 Å². The summed E-state index contributed by atoms with van der Waals surface area (Å²) >= 11 is 0. The first-order valence-corrected chi connectivity index (χ1v) is 7.30. The van der Waals surface area contributed by atoms with Crippen molar-refractivity contribution in [3.63, 3.8) is 0 Å². The van der Waals surface area contributed by atoms with Gasteiger partial charge in [-0.05, 0) is 26.7 Å². The third kappa shape index (κ3) is 2.68. The van der Waals surface area contributed by atoms with Crippen LogP contribution in [-0.2, 0) is 4.74 Å². The summed E-state index contributed by atoms with van der Waals surface area (Å²) in [6.07, 6.45) is 7.04. The van der Waals surface area contributed by atoms with Crippen molar-refractivity contribution in [1.82, 2.24) is 14.5 Å². The number of imidazole rings is 1. The Kier molecular flexibility index (Phi) is 3.60. The van der Waals surface area contributed by atoms with E-state index in [2.05, 4.69) is 28.3 Å². The topological polar surface area (TPSA) is 56.3 Å². The van der Waals surface area contributed by atoms with Crippen LogP contribution in [0.3, 0.4) is 0 Å². The van der Waals surface area contributed by atoms with E-state index >= 15 is 0 Å². The molecule has 2 heterocycles. The Hall–Kier alpha value is -0.910. The first-order valence-electron chi connectivity index (χ1n) is 7.30. The Morgan fingerprint density at radius 1 is 1.37 bits per heavy atom. The SMILES string of the molecule is CC1CN(C(CN)c2cncn2C2CC2)CC(C)O1. The molecular weight excluding hydrogens is 240 g/mol. The third-order valence-corrected chi connectivity index (χ3v) is 4.09. The maximum Gasteiger partial charge on any atom is 0.0951 e. The smallest absolute Gasteiger partial charge is 0.0951 e. The normalized spacial score (nSPS) is 30.5. The van der Waals surface area contributed by atoms with E-state index < -0.39 is 0 Å². The standard InChI is InChI=1S/C14H24N4O/c1-10-7-17(8-11(2)19-10)13(5-15)14-6-16-9-18(14)12-3-4-12/h6,9-13H,3-5,7-8,15H2,1-2H3. The van der Waals surface area contributed by atoms with Crippen LogP contribution in [0.4, 0.5) is 0 Å². The van der Waals surface area contributed by atoms with Gasteiger partial charge in [-0.2, -0.15) is 0 Å². The van der Waals surface area contributed by atoms with E-state index in [4.69, 9.17) is 10.5 Å². The number of hydrogen-bond donors (Lipinski definition) is 1. The van der Waals surface area contributed by atoms with Crippen molar-refractivity contribution in [3.05, 3.63) is 18.2 Å². The molecule has 1 aliphatic heterocycles. The molecule has 1 saturated carbocycles. The van der Waals surface area contributed by atoms with Gasteiger partial charge in [0, 0.05) is 31.9 Å². The summed E-state index contributed by atoms with van der Waals surface area (Å²) in [7, 11) is 0. The van der Waals surface area contributed by atoms with Gasteiger partial charge in [0.1, 0.15) is 0 Å². The molecule has 0 amide bonds. The molecule has 2 aliphatic rings.